The van der Waals surface area contributed by atoms with Gasteiger partial charge < -0.3 is 15.0 Å². The molecule has 1 aliphatic heterocycles. The zero-order valence-corrected chi connectivity index (χ0v) is 13.8. The lowest BCUT2D eigenvalue weighted by molar-refractivity contribution is 0.0691. The molecule has 0 bridgehead atoms. The predicted molar refractivity (Wildman–Crippen MR) is 86.1 cm³/mol. The number of anilines is 1. The molecule has 0 radical (unpaired) electrons. The van der Waals surface area contributed by atoms with Crippen LogP contribution in [0.25, 0.3) is 0 Å². The van der Waals surface area contributed by atoms with Crippen LogP contribution in [0.4, 0.5) is 5.95 Å². The molecule has 0 unspecified atom stereocenters. The maximum absolute atomic E-state index is 12.6. The van der Waals surface area contributed by atoms with Gasteiger partial charge in [0.25, 0.3) is 5.91 Å². The second kappa shape index (κ2) is 8.08. The van der Waals surface area contributed by atoms with Gasteiger partial charge in [0, 0.05) is 39.0 Å². The Morgan fingerprint density at radius 1 is 1.41 bits per heavy atom. The number of hydrogen-bond acceptors (Lipinski definition) is 5. The number of nitrogens with zero attached hydrogens (tertiary/aromatic N) is 3. The summed E-state index contributed by atoms with van der Waals surface area (Å²) in [4.78, 5) is 23.2. The summed E-state index contributed by atoms with van der Waals surface area (Å²) in [6.07, 6.45) is 3.01. The van der Waals surface area contributed by atoms with Crippen molar-refractivity contribution in [1.82, 2.24) is 14.9 Å². The highest BCUT2D eigenvalue weighted by Gasteiger charge is 2.23. The van der Waals surface area contributed by atoms with Gasteiger partial charge in [-0.25, -0.2) is 9.97 Å². The number of carbonyl (C=O) groups is 1. The summed E-state index contributed by atoms with van der Waals surface area (Å²) in [5.74, 6) is 1.23. The molecular formula is C16H26N4O2. The zero-order chi connectivity index (χ0) is 15.9. The number of carbonyl (C=O) groups excluding carboxylic acids is 1. The van der Waals surface area contributed by atoms with Gasteiger partial charge in [-0.15, -0.1) is 0 Å². The minimum Gasteiger partial charge on any atom is -0.385 e. The minimum absolute atomic E-state index is 0.0114. The van der Waals surface area contributed by atoms with Crippen molar-refractivity contribution in [3.05, 3.63) is 17.5 Å². The van der Waals surface area contributed by atoms with Gasteiger partial charge in [-0.1, -0.05) is 6.92 Å². The van der Waals surface area contributed by atoms with Crippen molar-refractivity contribution in [3.63, 3.8) is 0 Å². The minimum atomic E-state index is 0.0114. The third-order valence-electron chi connectivity index (χ3n) is 3.95. The molecule has 6 heteroatoms. The van der Waals surface area contributed by atoms with Crippen LogP contribution in [-0.4, -0.2) is 54.1 Å². The van der Waals surface area contributed by atoms with Crippen molar-refractivity contribution in [3.8, 4) is 0 Å². The van der Waals surface area contributed by atoms with Crippen LogP contribution in [0.15, 0.2) is 6.07 Å². The number of ether oxygens (including phenoxy) is 1. The Hall–Kier alpha value is -1.69. The van der Waals surface area contributed by atoms with Crippen LogP contribution >= 0.6 is 0 Å². The number of aromatic nitrogens is 2. The maximum atomic E-state index is 12.6. The van der Waals surface area contributed by atoms with E-state index in [1.54, 1.807) is 13.2 Å². The molecule has 2 rings (SSSR count). The fourth-order valence-corrected chi connectivity index (χ4v) is 2.55. The molecule has 1 N–H and O–H groups in total. The smallest absolute Gasteiger partial charge is 0.272 e. The molecule has 0 aromatic carbocycles. The molecule has 0 spiro atoms. The van der Waals surface area contributed by atoms with E-state index < -0.39 is 0 Å². The van der Waals surface area contributed by atoms with E-state index in [1.807, 2.05) is 11.8 Å². The molecule has 1 aliphatic rings. The topological polar surface area (TPSA) is 67.3 Å². The summed E-state index contributed by atoms with van der Waals surface area (Å²) >= 11 is 0. The molecule has 0 atom stereocenters. The van der Waals surface area contributed by atoms with E-state index in [0.29, 0.717) is 24.2 Å². The molecule has 22 heavy (non-hydrogen) atoms. The number of rotatable bonds is 6. The summed E-state index contributed by atoms with van der Waals surface area (Å²) in [7, 11) is 1.68. The van der Waals surface area contributed by atoms with E-state index in [9.17, 15) is 4.79 Å². The van der Waals surface area contributed by atoms with Crippen LogP contribution in [0.2, 0.25) is 0 Å². The van der Waals surface area contributed by atoms with E-state index in [-0.39, 0.29) is 5.91 Å². The average molecular weight is 306 g/mol. The van der Waals surface area contributed by atoms with Crippen molar-refractivity contribution >= 4 is 11.9 Å². The van der Waals surface area contributed by atoms with E-state index in [2.05, 4.69) is 22.2 Å². The van der Waals surface area contributed by atoms with Crippen molar-refractivity contribution < 1.29 is 9.53 Å². The first-order valence-corrected chi connectivity index (χ1v) is 7.98. The number of methoxy groups -OCH3 is 1. The van der Waals surface area contributed by atoms with Gasteiger partial charge in [0.1, 0.15) is 5.69 Å². The van der Waals surface area contributed by atoms with Crippen LogP contribution in [0.5, 0.6) is 0 Å². The Labute approximate surface area is 132 Å². The maximum Gasteiger partial charge on any atom is 0.272 e. The Morgan fingerprint density at radius 3 is 2.82 bits per heavy atom. The molecule has 0 saturated carbocycles. The summed E-state index contributed by atoms with van der Waals surface area (Å²) in [5.41, 5.74) is 1.29. The molecule has 1 fully saturated rings. The standard InChI is InChI=1S/C16H26N4O2/c1-12-5-8-20(9-6-12)15(21)14-11-13(2)18-16(19-14)17-7-4-10-22-3/h11-12H,4-10H2,1-3H3,(H,17,18,19). The van der Waals surface area contributed by atoms with E-state index >= 15 is 0 Å². The monoisotopic (exact) mass is 306 g/mol. The molecule has 1 aromatic heterocycles. The van der Waals surface area contributed by atoms with Gasteiger partial charge in [0.15, 0.2) is 0 Å². The highest BCUT2D eigenvalue weighted by atomic mass is 16.5. The van der Waals surface area contributed by atoms with Crippen LogP contribution in [-0.2, 0) is 4.74 Å². The van der Waals surface area contributed by atoms with Gasteiger partial charge in [-0.05, 0) is 38.2 Å². The van der Waals surface area contributed by atoms with E-state index in [1.165, 1.54) is 0 Å². The SMILES string of the molecule is COCCCNc1nc(C)cc(C(=O)N2CCC(C)CC2)n1. The molecule has 122 valence electrons. The van der Waals surface area contributed by atoms with Crippen molar-refractivity contribution in [2.75, 3.05) is 38.7 Å². The van der Waals surface area contributed by atoms with Gasteiger partial charge in [0.05, 0.1) is 0 Å². The third kappa shape index (κ3) is 4.66. The van der Waals surface area contributed by atoms with Gasteiger partial charge in [0.2, 0.25) is 5.95 Å². The molecule has 0 aliphatic carbocycles. The fourth-order valence-electron chi connectivity index (χ4n) is 2.55. The Bertz CT molecular complexity index is 499. The number of aryl methyl sites for hydroxylation is 1. The molecule has 1 aromatic rings. The highest BCUT2D eigenvalue weighted by molar-refractivity contribution is 5.92. The second-order valence-corrected chi connectivity index (χ2v) is 5.97. The first kappa shape index (κ1) is 16.7. The Kier molecular flexibility index (Phi) is 6.12. The molecule has 6 nitrogen and oxygen atoms in total. The van der Waals surface area contributed by atoms with Crippen LogP contribution in [0.1, 0.15) is 42.4 Å². The fraction of sp³-hybridized carbons (Fsp3) is 0.688. The largest absolute Gasteiger partial charge is 0.385 e. The number of likely N-dealkylation sites (tertiary alicyclic amines) is 1. The van der Waals surface area contributed by atoms with Gasteiger partial charge in [-0.2, -0.15) is 0 Å². The van der Waals surface area contributed by atoms with Crippen molar-refractivity contribution in [1.29, 1.82) is 0 Å². The predicted octanol–water partition coefficient (Wildman–Crippen LogP) is 2.11. The average Bonchev–Trinajstić information content (AvgIpc) is 2.51. The second-order valence-electron chi connectivity index (χ2n) is 5.97. The number of hydrogen-bond donors (Lipinski definition) is 1. The van der Waals surface area contributed by atoms with Crippen molar-refractivity contribution in [2.45, 2.75) is 33.1 Å². The van der Waals surface area contributed by atoms with Gasteiger partial charge >= 0.3 is 0 Å². The summed E-state index contributed by atoms with van der Waals surface area (Å²) in [5, 5.41) is 3.15. The molecular weight excluding hydrogens is 280 g/mol. The molecule has 1 amide bonds. The van der Waals surface area contributed by atoms with Crippen LogP contribution in [0.3, 0.4) is 0 Å². The third-order valence-corrected chi connectivity index (χ3v) is 3.95. The number of nitrogens with one attached hydrogen (secondary N) is 1. The number of piperidine rings is 1. The Morgan fingerprint density at radius 2 is 2.14 bits per heavy atom. The Balaban J connectivity index is 2.00. The van der Waals surface area contributed by atoms with Gasteiger partial charge in [-0.3, -0.25) is 4.79 Å². The summed E-state index contributed by atoms with van der Waals surface area (Å²) in [6.45, 7) is 7.18. The lowest BCUT2D eigenvalue weighted by Crippen LogP contribution is -2.38. The number of amides is 1. The lowest BCUT2D eigenvalue weighted by Gasteiger charge is -2.30. The normalized spacial score (nSPS) is 15.9. The zero-order valence-electron chi connectivity index (χ0n) is 13.8. The quantitative estimate of drug-likeness (QED) is 0.815. The van der Waals surface area contributed by atoms with Crippen molar-refractivity contribution in [2.24, 2.45) is 5.92 Å². The molecule has 1 saturated heterocycles. The summed E-state index contributed by atoms with van der Waals surface area (Å²) in [6, 6.07) is 1.76. The van der Waals surface area contributed by atoms with Crippen LogP contribution in [0, 0.1) is 12.8 Å². The van der Waals surface area contributed by atoms with E-state index in [4.69, 9.17) is 4.74 Å². The highest BCUT2D eigenvalue weighted by Crippen LogP contribution is 2.18. The first-order valence-electron chi connectivity index (χ1n) is 7.98. The lowest BCUT2D eigenvalue weighted by atomic mass is 9.99. The summed E-state index contributed by atoms with van der Waals surface area (Å²) < 4.78 is 5.01. The van der Waals surface area contributed by atoms with Crippen LogP contribution < -0.4 is 5.32 Å². The van der Waals surface area contributed by atoms with E-state index in [0.717, 1.165) is 44.6 Å². The molecule has 2 heterocycles. The first-order chi connectivity index (χ1) is 10.6.